The number of aliphatic hydroxyl groups excluding tert-OH is 1. The van der Waals surface area contributed by atoms with Crippen molar-refractivity contribution in [2.24, 2.45) is 0 Å². The first-order chi connectivity index (χ1) is 7.91. The van der Waals surface area contributed by atoms with Gasteiger partial charge in [-0.1, -0.05) is 6.92 Å². The van der Waals surface area contributed by atoms with Crippen molar-refractivity contribution in [3.05, 3.63) is 29.3 Å². The van der Waals surface area contributed by atoms with E-state index in [1.807, 2.05) is 20.8 Å². The van der Waals surface area contributed by atoms with E-state index in [1.54, 1.807) is 18.2 Å². The molecule has 3 N–H and O–H groups in total. The maximum absolute atomic E-state index is 10.8. The summed E-state index contributed by atoms with van der Waals surface area (Å²) < 4.78 is 0. The number of aliphatic hydroxyl groups is 1. The van der Waals surface area contributed by atoms with Crippen LogP contribution in [0.15, 0.2) is 18.2 Å². The minimum Gasteiger partial charge on any atom is -0.478 e. The molecule has 1 aromatic rings. The van der Waals surface area contributed by atoms with Gasteiger partial charge in [0.05, 0.1) is 17.7 Å². The Morgan fingerprint density at radius 3 is 2.53 bits per heavy atom. The van der Waals surface area contributed by atoms with Crippen molar-refractivity contribution in [3.63, 3.8) is 0 Å². The van der Waals surface area contributed by atoms with E-state index in [-0.39, 0.29) is 17.7 Å². The van der Waals surface area contributed by atoms with Crippen LogP contribution in [0, 0.1) is 6.92 Å². The Kier molecular flexibility index (Phi) is 4.12. The first kappa shape index (κ1) is 13.5. The number of benzene rings is 1. The Bertz CT molecular complexity index is 411. The third-order valence-electron chi connectivity index (χ3n) is 3.04. The summed E-state index contributed by atoms with van der Waals surface area (Å²) in [7, 11) is 0. The van der Waals surface area contributed by atoms with Gasteiger partial charge >= 0.3 is 5.97 Å². The smallest absolute Gasteiger partial charge is 0.335 e. The predicted octanol–water partition coefficient (Wildman–Crippen LogP) is 2.27. The molecule has 0 saturated carbocycles. The minimum absolute atomic E-state index is 0.0314. The number of anilines is 1. The molecule has 4 heteroatoms. The summed E-state index contributed by atoms with van der Waals surface area (Å²) in [6.07, 6.45) is 0.781. The molecule has 0 aliphatic rings. The highest BCUT2D eigenvalue weighted by atomic mass is 16.4. The molecule has 1 atom stereocenters. The number of aromatic carboxylic acids is 1. The first-order valence-corrected chi connectivity index (χ1v) is 5.65. The van der Waals surface area contributed by atoms with Crippen LogP contribution < -0.4 is 5.32 Å². The summed E-state index contributed by atoms with van der Waals surface area (Å²) in [6.45, 7) is 5.80. The molecule has 0 spiro atoms. The molecular formula is C13H19NO3. The Hall–Kier alpha value is -1.55. The fraction of sp³-hybridized carbons (Fsp3) is 0.462. The summed E-state index contributed by atoms with van der Waals surface area (Å²) >= 11 is 0. The number of carboxylic acid groups (broad SMARTS) is 1. The standard InChI is InChI=1S/C13H19NO3/c1-4-13(3,8-15)14-11-6-5-10(12(16)17)7-9(11)2/h5-7,14-15H,4,8H2,1-3H3,(H,16,17). The van der Waals surface area contributed by atoms with Crippen molar-refractivity contribution < 1.29 is 15.0 Å². The van der Waals surface area contributed by atoms with Gasteiger partial charge in [-0.2, -0.15) is 0 Å². The third kappa shape index (κ3) is 3.20. The van der Waals surface area contributed by atoms with Crippen molar-refractivity contribution in [2.45, 2.75) is 32.7 Å². The molecule has 1 unspecified atom stereocenters. The van der Waals surface area contributed by atoms with Gasteiger partial charge in [0.25, 0.3) is 0 Å². The van der Waals surface area contributed by atoms with E-state index in [9.17, 15) is 9.90 Å². The summed E-state index contributed by atoms with van der Waals surface area (Å²) in [5.74, 6) is -0.930. The average molecular weight is 237 g/mol. The van der Waals surface area contributed by atoms with Gasteiger partial charge in [-0.3, -0.25) is 0 Å². The van der Waals surface area contributed by atoms with Crippen molar-refractivity contribution in [1.82, 2.24) is 0 Å². The summed E-state index contributed by atoms with van der Waals surface area (Å²) in [4.78, 5) is 10.8. The maximum Gasteiger partial charge on any atom is 0.335 e. The largest absolute Gasteiger partial charge is 0.478 e. The van der Waals surface area contributed by atoms with Gasteiger partial charge in [-0.05, 0) is 44.0 Å². The van der Waals surface area contributed by atoms with Crippen molar-refractivity contribution in [3.8, 4) is 0 Å². The zero-order valence-electron chi connectivity index (χ0n) is 10.4. The van der Waals surface area contributed by atoms with Gasteiger partial charge in [-0.15, -0.1) is 0 Å². The Morgan fingerprint density at radius 2 is 2.12 bits per heavy atom. The molecular weight excluding hydrogens is 218 g/mol. The number of hydrogen-bond donors (Lipinski definition) is 3. The van der Waals surface area contributed by atoms with Crippen LogP contribution in [0.4, 0.5) is 5.69 Å². The van der Waals surface area contributed by atoms with Gasteiger partial charge < -0.3 is 15.5 Å². The van der Waals surface area contributed by atoms with Gasteiger partial charge in [0.2, 0.25) is 0 Å². The average Bonchev–Trinajstić information content (AvgIpc) is 2.31. The second-order valence-corrected chi connectivity index (χ2v) is 4.53. The molecule has 4 nitrogen and oxygen atoms in total. The fourth-order valence-electron chi connectivity index (χ4n) is 1.50. The van der Waals surface area contributed by atoms with E-state index in [2.05, 4.69) is 5.32 Å². The molecule has 0 amide bonds. The van der Waals surface area contributed by atoms with Crippen LogP contribution in [0.5, 0.6) is 0 Å². The van der Waals surface area contributed by atoms with Crippen molar-refractivity contribution >= 4 is 11.7 Å². The summed E-state index contributed by atoms with van der Waals surface area (Å²) in [5, 5.41) is 21.4. The lowest BCUT2D eigenvalue weighted by atomic mass is 9.98. The number of carbonyl (C=O) groups is 1. The Balaban J connectivity index is 2.97. The molecule has 0 fully saturated rings. The number of carboxylic acids is 1. The van der Waals surface area contributed by atoms with Crippen LogP contribution in [-0.4, -0.2) is 28.3 Å². The zero-order chi connectivity index (χ0) is 13.1. The normalized spacial score (nSPS) is 14.1. The highest BCUT2D eigenvalue weighted by molar-refractivity contribution is 5.88. The van der Waals surface area contributed by atoms with Crippen LogP contribution in [0.2, 0.25) is 0 Å². The molecule has 94 valence electrons. The Morgan fingerprint density at radius 1 is 1.47 bits per heavy atom. The molecule has 17 heavy (non-hydrogen) atoms. The highest BCUT2D eigenvalue weighted by Crippen LogP contribution is 2.22. The number of hydrogen-bond acceptors (Lipinski definition) is 3. The van der Waals surface area contributed by atoms with Gasteiger partial charge in [0, 0.05) is 5.69 Å². The molecule has 0 heterocycles. The van der Waals surface area contributed by atoms with E-state index in [1.165, 1.54) is 0 Å². The predicted molar refractivity (Wildman–Crippen MR) is 67.5 cm³/mol. The van der Waals surface area contributed by atoms with E-state index in [0.717, 1.165) is 17.7 Å². The lowest BCUT2D eigenvalue weighted by molar-refractivity contribution is 0.0697. The van der Waals surface area contributed by atoms with E-state index in [0.29, 0.717) is 0 Å². The van der Waals surface area contributed by atoms with Gasteiger partial charge in [0.15, 0.2) is 0 Å². The molecule has 0 aliphatic carbocycles. The van der Waals surface area contributed by atoms with Crippen LogP contribution >= 0.6 is 0 Å². The topological polar surface area (TPSA) is 69.6 Å². The summed E-state index contributed by atoms with van der Waals surface area (Å²) in [6, 6.07) is 4.92. The minimum atomic E-state index is -0.930. The van der Waals surface area contributed by atoms with Crippen LogP contribution in [-0.2, 0) is 0 Å². The van der Waals surface area contributed by atoms with Crippen molar-refractivity contribution in [1.29, 1.82) is 0 Å². The molecule has 1 rings (SSSR count). The van der Waals surface area contributed by atoms with Crippen LogP contribution in [0.1, 0.15) is 36.2 Å². The molecule has 0 saturated heterocycles. The lowest BCUT2D eigenvalue weighted by Crippen LogP contribution is -2.38. The monoisotopic (exact) mass is 237 g/mol. The lowest BCUT2D eigenvalue weighted by Gasteiger charge is -2.29. The number of rotatable bonds is 5. The first-order valence-electron chi connectivity index (χ1n) is 5.65. The third-order valence-corrected chi connectivity index (χ3v) is 3.04. The SMILES string of the molecule is CCC(C)(CO)Nc1ccc(C(=O)O)cc1C. The highest BCUT2D eigenvalue weighted by Gasteiger charge is 2.21. The fourth-order valence-corrected chi connectivity index (χ4v) is 1.50. The zero-order valence-corrected chi connectivity index (χ0v) is 10.4. The Labute approximate surface area is 101 Å². The molecule has 0 radical (unpaired) electrons. The van der Waals surface area contributed by atoms with Crippen molar-refractivity contribution in [2.75, 3.05) is 11.9 Å². The molecule has 0 bridgehead atoms. The van der Waals surface area contributed by atoms with Gasteiger partial charge in [0.1, 0.15) is 0 Å². The maximum atomic E-state index is 10.8. The number of aryl methyl sites for hydroxylation is 1. The van der Waals surface area contributed by atoms with Crippen LogP contribution in [0.25, 0.3) is 0 Å². The van der Waals surface area contributed by atoms with Crippen LogP contribution in [0.3, 0.4) is 0 Å². The second kappa shape index (κ2) is 5.19. The molecule has 0 aromatic heterocycles. The molecule has 0 aliphatic heterocycles. The van der Waals surface area contributed by atoms with Gasteiger partial charge in [-0.25, -0.2) is 4.79 Å². The number of nitrogens with one attached hydrogen (secondary N) is 1. The van der Waals surface area contributed by atoms with E-state index < -0.39 is 5.97 Å². The summed E-state index contributed by atoms with van der Waals surface area (Å²) in [5.41, 5.74) is 1.61. The van der Waals surface area contributed by atoms with E-state index in [4.69, 9.17) is 5.11 Å². The van der Waals surface area contributed by atoms with E-state index >= 15 is 0 Å². The molecule has 1 aromatic carbocycles. The second-order valence-electron chi connectivity index (χ2n) is 4.53. The quantitative estimate of drug-likeness (QED) is 0.734.